The highest BCUT2D eigenvalue weighted by Crippen LogP contribution is 2.64. The fourth-order valence-corrected chi connectivity index (χ4v) is 8.90. The van der Waals surface area contributed by atoms with Crippen molar-refractivity contribution in [2.45, 2.75) is 5.41 Å². The van der Waals surface area contributed by atoms with Gasteiger partial charge in [0.15, 0.2) is 0 Å². The molecule has 0 saturated carbocycles. The molecule has 9 aromatic rings. The van der Waals surface area contributed by atoms with Crippen molar-refractivity contribution in [1.82, 2.24) is 14.5 Å². The SMILES string of the molecule is c1ccc(-c2cc(-c3ccccc3)nc(-n3c4ccccc4c4c5c(ccc43)C3(c4ccccc4-c4ccccc43)c3ccccc3-5)n2)cc1. The van der Waals surface area contributed by atoms with Crippen LogP contribution in [0.15, 0.2) is 176 Å². The van der Waals surface area contributed by atoms with Crippen molar-refractivity contribution >= 4 is 21.8 Å². The van der Waals surface area contributed by atoms with Crippen molar-refractivity contribution in [3.8, 4) is 50.7 Å². The minimum atomic E-state index is -0.402. The number of nitrogens with zero attached hydrogens (tertiary/aromatic N) is 3. The van der Waals surface area contributed by atoms with Gasteiger partial charge in [-0.15, -0.1) is 0 Å². The van der Waals surface area contributed by atoms with Crippen LogP contribution in [-0.4, -0.2) is 14.5 Å². The molecule has 0 atom stereocenters. The summed E-state index contributed by atoms with van der Waals surface area (Å²) in [5.74, 6) is 0.661. The Kier molecular flexibility index (Phi) is 5.59. The molecule has 2 heterocycles. The van der Waals surface area contributed by atoms with Gasteiger partial charge in [-0.05, 0) is 62.7 Å². The lowest BCUT2D eigenvalue weighted by molar-refractivity contribution is 0.794. The lowest BCUT2D eigenvalue weighted by atomic mass is 9.70. The van der Waals surface area contributed by atoms with Gasteiger partial charge in [-0.25, -0.2) is 9.97 Å². The van der Waals surface area contributed by atoms with Crippen molar-refractivity contribution < 1.29 is 0 Å². The second kappa shape index (κ2) is 10.2. The van der Waals surface area contributed by atoms with E-state index in [1.54, 1.807) is 0 Å². The zero-order valence-electron chi connectivity index (χ0n) is 27.1. The van der Waals surface area contributed by atoms with E-state index in [4.69, 9.17) is 9.97 Å². The maximum atomic E-state index is 5.29. The Morgan fingerprint density at radius 3 is 1.52 bits per heavy atom. The third-order valence-corrected chi connectivity index (χ3v) is 10.8. The van der Waals surface area contributed by atoms with Crippen LogP contribution in [0, 0.1) is 0 Å². The van der Waals surface area contributed by atoms with Crippen LogP contribution < -0.4 is 0 Å². The summed E-state index contributed by atoms with van der Waals surface area (Å²) in [4.78, 5) is 10.6. The van der Waals surface area contributed by atoms with E-state index < -0.39 is 5.41 Å². The van der Waals surface area contributed by atoms with Crippen LogP contribution in [0.4, 0.5) is 0 Å². The van der Waals surface area contributed by atoms with Crippen LogP contribution in [0.25, 0.3) is 72.5 Å². The third-order valence-electron chi connectivity index (χ3n) is 10.8. The second-order valence-corrected chi connectivity index (χ2v) is 13.3. The molecule has 0 aliphatic heterocycles. The molecule has 0 radical (unpaired) electrons. The molecule has 7 aromatic carbocycles. The third kappa shape index (κ3) is 3.53. The maximum absolute atomic E-state index is 5.29. The Morgan fingerprint density at radius 1 is 0.400 bits per heavy atom. The van der Waals surface area contributed by atoms with Crippen LogP contribution >= 0.6 is 0 Å². The van der Waals surface area contributed by atoms with Crippen molar-refractivity contribution in [1.29, 1.82) is 0 Å². The first kappa shape index (κ1) is 27.4. The molecule has 3 heteroatoms. The molecule has 1 spiro atoms. The fraction of sp³-hybridized carbons (Fsp3) is 0.0213. The molecule has 11 rings (SSSR count). The number of hydrogen-bond donors (Lipinski definition) is 0. The molecule has 2 aliphatic carbocycles. The summed E-state index contributed by atoms with van der Waals surface area (Å²) in [6.07, 6.45) is 0. The van der Waals surface area contributed by atoms with Crippen LogP contribution in [-0.2, 0) is 5.41 Å². The average Bonchev–Trinajstić information content (AvgIpc) is 3.80. The number of para-hydroxylation sites is 1. The van der Waals surface area contributed by atoms with Gasteiger partial charge in [0.2, 0.25) is 5.95 Å². The largest absolute Gasteiger partial charge is 0.278 e. The minimum absolute atomic E-state index is 0.402. The first-order chi connectivity index (χ1) is 24.8. The predicted molar refractivity (Wildman–Crippen MR) is 204 cm³/mol. The number of fused-ring (bicyclic) bond motifs is 14. The van der Waals surface area contributed by atoms with Crippen molar-refractivity contribution in [2.24, 2.45) is 0 Å². The molecule has 2 aliphatic rings. The number of benzene rings is 7. The van der Waals surface area contributed by atoms with Gasteiger partial charge in [0.1, 0.15) is 0 Å². The highest BCUT2D eigenvalue weighted by molar-refractivity contribution is 6.18. The summed E-state index contributed by atoms with van der Waals surface area (Å²) >= 11 is 0. The molecule has 3 nitrogen and oxygen atoms in total. The van der Waals surface area contributed by atoms with E-state index in [0.29, 0.717) is 5.95 Å². The monoisotopic (exact) mass is 635 g/mol. The van der Waals surface area contributed by atoms with E-state index in [9.17, 15) is 0 Å². The standard InChI is InChI=1S/C47H29N3/c1-3-15-30(16-4-1)40-29-41(31-17-5-2-6-18-31)49-46(48-40)50-42-26-14-10-22-35(42)45-43(50)28-27-39-44(45)34-21-9-13-25-38(34)47(39)36-23-11-7-19-32(36)33-20-8-12-24-37(33)47/h1-29H. The molecule has 0 bridgehead atoms. The first-order valence-corrected chi connectivity index (χ1v) is 17.2. The van der Waals surface area contributed by atoms with E-state index in [1.165, 1.54) is 55.3 Å². The molecule has 0 saturated heterocycles. The summed E-state index contributed by atoms with van der Waals surface area (Å²) in [5.41, 5.74) is 16.3. The Balaban J connectivity index is 1.26. The fourth-order valence-electron chi connectivity index (χ4n) is 8.90. The predicted octanol–water partition coefficient (Wildman–Crippen LogP) is 11.3. The van der Waals surface area contributed by atoms with Gasteiger partial charge in [-0.3, -0.25) is 4.57 Å². The van der Waals surface area contributed by atoms with Crippen LogP contribution in [0.2, 0.25) is 0 Å². The van der Waals surface area contributed by atoms with Gasteiger partial charge in [0, 0.05) is 21.9 Å². The van der Waals surface area contributed by atoms with Gasteiger partial charge in [-0.1, -0.05) is 158 Å². The maximum Gasteiger partial charge on any atom is 0.235 e. The zero-order valence-corrected chi connectivity index (χ0v) is 27.1. The summed E-state index contributed by atoms with van der Waals surface area (Å²) in [6, 6.07) is 63.4. The zero-order chi connectivity index (χ0) is 32.8. The van der Waals surface area contributed by atoms with Crippen LogP contribution in [0.1, 0.15) is 22.3 Å². The molecule has 2 aromatic heterocycles. The van der Waals surface area contributed by atoms with Gasteiger partial charge < -0.3 is 0 Å². The topological polar surface area (TPSA) is 30.7 Å². The Labute approximate surface area is 289 Å². The minimum Gasteiger partial charge on any atom is -0.278 e. The van der Waals surface area contributed by atoms with E-state index in [0.717, 1.165) is 33.5 Å². The number of rotatable bonds is 3. The van der Waals surface area contributed by atoms with E-state index in [-0.39, 0.29) is 0 Å². The summed E-state index contributed by atoms with van der Waals surface area (Å²) < 4.78 is 2.27. The van der Waals surface area contributed by atoms with Crippen molar-refractivity contribution in [3.05, 3.63) is 198 Å². The molecule has 0 N–H and O–H groups in total. The molecule has 0 amide bonds. The smallest absolute Gasteiger partial charge is 0.235 e. The molecular formula is C47H29N3. The normalized spacial score (nSPS) is 13.4. The quantitative estimate of drug-likeness (QED) is 0.193. The van der Waals surface area contributed by atoms with Crippen molar-refractivity contribution in [3.63, 3.8) is 0 Å². The number of hydrogen-bond acceptors (Lipinski definition) is 2. The summed E-state index contributed by atoms with van der Waals surface area (Å²) in [5, 5.41) is 2.43. The molecular weight excluding hydrogens is 607 g/mol. The van der Waals surface area contributed by atoms with E-state index in [2.05, 4.69) is 168 Å². The Morgan fingerprint density at radius 2 is 0.900 bits per heavy atom. The molecule has 50 heavy (non-hydrogen) atoms. The highest BCUT2D eigenvalue weighted by Gasteiger charge is 2.52. The van der Waals surface area contributed by atoms with Gasteiger partial charge in [0.25, 0.3) is 0 Å². The van der Waals surface area contributed by atoms with E-state index >= 15 is 0 Å². The van der Waals surface area contributed by atoms with Gasteiger partial charge >= 0.3 is 0 Å². The average molecular weight is 636 g/mol. The lowest BCUT2D eigenvalue weighted by Gasteiger charge is -2.30. The van der Waals surface area contributed by atoms with Gasteiger partial charge in [0.05, 0.1) is 27.8 Å². The van der Waals surface area contributed by atoms with Crippen molar-refractivity contribution in [2.75, 3.05) is 0 Å². The molecule has 232 valence electrons. The van der Waals surface area contributed by atoms with Gasteiger partial charge in [-0.2, -0.15) is 0 Å². The Bertz CT molecular complexity index is 2710. The lowest BCUT2D eigenvalue weighted by Crippen LogP contribution is -2.25. The summed E-state index contributed by atoms with van der Waals surface area (Å²) in [7, 11) is 0. The van der Waals surface area contributed by atoms with Crippen LogP contribution in [0.5, 0.6) is 0 Å². The summed E-state index contributed by atoms with van der Waals surface area (Å²) in [6.45, 7) is 0. The Hall–Kier alpha value is -6.58. The van der Waals surface area contributed by atoms with Crippen LogP contribution in [0.3, 0.4) is 0 Å². The molecule has 0 unspecified atom stereocenters. The van der Waals surface area contributed by atoms with E-state index in [1.807, 2.05) is 12.1 Å². The molecule has 0 fully saturated rings. The highest BCUT2D eigenvalue weighted by atomic mass is 15.2. The first-order valence-electron chi connectivity index (χ1n) is 17.2. The number of aromatic nitrogens is 3. The second-order valence-electron chi connectivity index (χ2n) is 13.3.